The van der Waals surface area contributed by atoms with Crippen LogP contribution in [0.2, 0.25) is 0 Å². The molecule has 1 N–H and O–H groups in total. The van der Waals surface area contributed by atoms with Gasteiger partial charge in [-0.05, 0) is 0 Å². The van der Waals surface area contributed by atoms with E-state index in [2.05, 4.69) is 10.2 Å². The molecule has 2 aromatic rings. The summed E-state index contributed by atoms with van der Waals surface area (Å²) in [5, 5.41) is 26.7. The van der Waals surface area contributed by atoms with Crippen molar-refractivity contribution in [2.24, 2.45) is 14.1 Å². The first kappa shape index (κ1) is 14.1. The number of carboxylic acids is 1. The number of carboxylic acid groups (broad SMARTS) is 1. The Morgan fingerprint density at radius 1 is 1.33 bits per heavy atom. The Morgan fingerprint density at radius 2 is 1.95 bits per heavy atom. The fraction of sp³-hybridized carbons (Fsp3) is 0.222. The molecular formula is C9H8N6O6. The molecule has 12 heteroatoms. The number of aromatic nitrogens is 5. The normalized spacial score (nSPS) is 10.6. The summed E-state index contributed by atoms with van der Waals surface area (Å²) in [6, 6.07) is 0. The number of hydrogen-bond acceptors (Lipinski definition) is 7. The highest BCUT2D eigenvalue weighted by atomic mass is 16.6. The molecule has 2 aromatic heterocycles. The van der Waals surface area contributed by atoms with Crippen LogP contribution in [0, 0.1) is 10.1 Å². The van der Waals surface area contributed by atoms with Crippen LogP contribution in [0.4, 0.5) is 5.69 Å². The van der Waals surface area contributed by atoms with E-state index in [1.165, 1.54) is 14.1 Å². The van der Waals surface area contributed by atoms with Crippen LogP contribution >= 0.6 is 0 Å². The summed E-state index contributed by atoms with van der Waals surface area (Å²) in [5.74, 6) is -2.06. The van der Waals surface area contributed by atoms with E-state index in [9.17, 15) is 24.5 Å². The van der Waals surface area contributed by atoms with E-state index in [-0.39, 0.29) is 0 Å². The highest BCUT2D eigenvalue weighted by Crippen LogP contribution is 2.17. The minimum absolute atomic E-state index is 0.435. The summed E-state index contributed by atoms with van der Waals surface area (Å²) in [6.45, 7) is 0. The van der Waals surface area contributed by atoms with Crippen molar-refractivity contribution in [1.29, 1.82) is 0 Å². The lowest BCUT2D eigenvalue weighted by atomic mass is 10.4. The molecule has 0 unspecified atom stereocenters. The molecule has 2 heterocycles. The summed E-state index contributed by atoms with van der Waals surface area (Å²) >= 11 is 0. The second-order valence-corrected chi connectivity index (χ2v) is 3.96. The van der Waals surface area contributed by atoms with Gasteiger partial charge in [0.1, 0.15) is 6.20 Å². The number of aromatic carboxylic acids is 1. The van der Waals surface area contributed by atoms with Gasteiger partial charge in [0.25, 0.3) is 0 Å². The van der Waals surface area contributed by atoms with E-state index in [0.29, 0.717) is 4.68 Å². The third-order valence-corrected chi connectivity index (χ3v) is 2.62. The van der Waals surface area contributed by atoms with Gasteiger partial charge in [0.05, 0.1) is 4.92 Å². The van der Waals surface area contributed by atoms with Crippen LogP contribution in [0.3, 0.4) is 0 Å². The zero-order valence-corrected chi connectivity index (χ0v) is 10.7. The number of hydrogen-bond donors (Lipinski definition) is 1. The van der Waals surface area contributed by atoms with Crippen molar-refractivity contribution < 1.29 is 14.8 Å². The maximum atomic E-state index is 11.9. The minimum atomic E-state index is -1.62. The molecule has 0 atom stereocenters. The molecule has 0 fully saturated rings. The number of aryl methyl sites for hydroxylation is 1. The summed E-state index contributed by atoms with van der Waals surface area (Å²) in [6.07, 6.45) is 0.748. The van der Waals surface area contributed by atoms with Crippen molar-refractivity contribution in [3.8, 4) is 5.82 Å². The molecule has 2 rings (SSSR count). The molecule has 0 aliphatic heterocycles. The molecule has 0 spiro atoms. The molecule has 0 radical (unpaired) electrons. The highest BCUT2D eigenvalue weighted by Gasteiger charge is 2.27. The summed E-state index contributed by atoms with van der Waals surface area (Å²) in [4.78, 5) is 44.1. The van der Waals surface area contributed by atoms with Gasteiger partial charge in [0.2, 0.25) is 11.5 Å². The van der Waals surface area contributed by atoms with Crippen LogP contribution in [-0.2, 0) is 14.1 Å². The van der Waals surface area contributed by atoms with Gasteiger partial charge in [0, 0.05) is 14.1 Å². The molecule has 0 saturated carbocycles. The second kappa shape index (κ2) is 4.66. The molecule has 0 aromatic carbocycles. The third kappa shape index (κ3) is 2.18. The molecule has 0 amide bonds. The Balaban J connectivity index is 2.78. The van der Waals surface area contributed by atoms with E-state index in [0.717, 1.165) is 15.4 Å². The standard InChI is InChI=1S/C9H8N6O6/c1-12-7(16)6(11-13(2)9(12)19)14-3-4(15(20)21)5(10-14)8(17)18/h3H,1-2H3,(H,17,18). The van der Waals surface area contributed by atoms with Crippen LogP contribution in [0.5, 0.6) is 0 Å². The summed E-state index contributed by atoms with van der Waals surface area (Å²) < 4.78 is 2.20. The quantitative estimate of drug-likeness (QED) is 0.517. The zero-order chi connectivity index (χ0) is 15.9. The lowest BCUT2D eigenvalue weighted by molar-refractivity contribution is -0.385. The first-order valence-electron chi connectivity index (χ1n) is 5.36. The second-order valence-electron chi connectivity index (χ2n) is 3.96. The Labute approximate surface area is 114 Å². The van der Waals surface area contributed by atoms with Crippen LogP contribution in [-0.4, -0.2) is 40.1 Å². The lowest BCUT2D eigenvalue weighted by Gasteiger charge is -2.04. The highest BCUT2D eigenvalue weighted by molar-refractivity contribution is 5.89. The van der Waals surface area contributed by atoms with Gasteiger partial charge in [-0.1, -0.05) is 0 Å². The van der Waals surface area contributed by atoms with E-state index in [4.69, 9.17) is 5.11 Å². The molecule has 21 heavy (non-hydrogen) atoms. The van der Waals surface area contributed by atoms with Gasteiger partial charge >= 0.3 is 22.9 Å². The van der Waals surface area contributed by atoms with E-state index < -0.39 is 39.3 Å². The predicted molar refractivity (Wildman–Crippen MR) is 65.5 cm³/mol. The predicted octanol–water partition coefficient (Wildman–Crippen LogP) is -1.73. The number of nitro groups is 1. The van der Waals surface area contributed by atoms with Crippen LogP contribution in [0.1, 0.15) is 10.5 Å². The molecule has 0 bridgehead atoms. The number of nitrogens with zero attached hydrogens (tertiary/aromatic N) is 6. The first-order chi connectivity index (χ1) is 9.73. The van der Waals surface area contributed by atoms with Gasteiger partial charge in [-0.25, -0.2) is 19.0 Å². The van der Waals surface area contributed by atoms with Crippen LogP contribution < -0.4 is 11.2 Å². The fourth-order valence-electron chi connectivity index (χ4n) is 1.58. The monoisotopic (exact) mass is 296 g/mol. The molecule has 110 valence electrons. The summed E-state index contributed by atoms with van der Waals surface area (Å²) in [5.41, 5.74) is -3.20. The van der Waals surface area contributed by atoms with Gasteiger partial charge in [0.15, 0.2) is 0 Å². The average molecular weight is 296 g/mol. The van der Waals surface area contributed by atoms with Crippen molar-refractivity contribution in [1.82, 2.24) is 24.1 Å². The Morgan fingerprint density at radius 3 is 2.43 bits per heavy atom. The van der Waals surface area contributed by atoms with Crippen molar-refractivity contribution >= 4 is 11.7 Å². The maximum absolute atomic E-state index is 11.9. The topological polar surface area (TPSA) is 155 Å². The summed E-state index contributed by atoms with van der Waals surface area (Å²) in [7, 11) is 2.45. The van der Waals surface area contributed by atoms with Crippen LogP contribution in [0.15, 0.2) is 15.8 Å². The van der Waals surface area contributed by atoms with Crippen molar-refractivity contribution in [2.45, 2.75) is 0 Å². The fourth-order valence-corrected chi connectivity index (χ4v) is 1.58. The number of carbonyl (C=O) groups is 1. The van der Waals surface area contributed by atoms with E-state index >= 15 is 0 Å². The Kier molecular flexibility index (Phi) is 3.13. The average Bonchev–Trinajstić information content (AvgIpc) is 2.85. The molecule has 12 nitrogen and oxygen atoms in total. The molecule has 0 aliphatic carbocycles. The largest absolute Gasteiger partial charge is 0.476 e. The first-order valence-corrected chi connectivity index (χ1v) is 5.36. The van der Waals surface area contributed by atoms with Crippen molar-refractivity contribution in [2.75, 3.05) is 0 Å². The molecule has 0 saturated heterocycles. The number of rotatable bonds is 3. The van der Waals surface area contributed by atoms with Gasteiger partial charge in [-0.2, -0.15) is 5.10 Å². The van der Waals surface area contributed by atoms with E-state index in [1.54, 1.807) is 0 Å². The maximum Gasteiger partial charge on any atom is 0.363 e. The Bertz CT molecular complexity index is 842. The smallest absolute Gasteiger partial charge is 0.363 e. The SMILES string of the molecule is Cn1nc(-n2cc([N+](=O)[O-])c(C(=O)O)n2)c(=O)n(C)c1=O. The lowest BCUT2D eigenvalue weighted by Crippen LogP contribution is -2.40. The van der Waals surface area contributed by atoms with Gasteiger partial charge in [-0.15, -0.1) is 5.10 Å². The van der Waals surface area contributed by atoms with Crippen molar-refractivity contribution in [3.63, 3.8) is 0 Å². The molecule has 0 aliphatic rings. The van der Waals surface area contributed by atoms with Gasteiger partial charge in [-0.3, -0.25) is 19.5 Å². The van der Waals surface area contributed by atoms with E-state index in [1.807, 2.05) is 0 Å². The molecular weight excluding hydrogens is 288 g/mol. The minimum Gasteiger partial charge on any atom is -0.476 e. The van der Waals surface area contributed by atoms with Crippen molar-refractivity contribution in [3.05, 3.63) is 42.8 Å². The van der Waals surface area contributed by atoms with Crippen LogP contribution in [0.25, 0.3) is 5.82 Å². The Hall–Kier alpha value is -3.31. The van der Waals surface area contributed by atoms with Gasteiger partial charge < -0.3 is 5.11 Å². The zero-order valence-electron chi connectivity index (χ0n) is 10.7. The third-order valence-electron chi connectivity index (χ3n) is 2.62.